The van der Waals surface area contributed by atoms with E-state index in [1.165, 1.54) is 21.8 Å². The van der Waals surface area contributed by atoms with Crippen LogP contribution in [0.3, 0.4) is 0 Å². The van der Waals surface area contributed by atoms with Crippen molar-refractivity contribution in [2.75, 3.05) is 72.8 Å². The van der Waals surface area contributed by atoms with Crippen LogP contribution >= 0.6 is 0 Å². The second kappa shape index (κ2) is 8.78. The number of pyridine rings is 1. The molecule has 198 valence electrons. The molecule has 3 aliphatic heterocycles. The van der Waals surface area contributed by atoms with E-state index in [0.29, 0.717) is 44.1 Å². The molecule has 1 amide bonds. The fraction of sp³-hybridized carbons (Fsp3) is 0.320. The standard InChI is InChI=1S/C25H23F2N5O6/c1-28-13-38-23-20-15(22(33)16(24(34)35)12-32(20)28)11-18(27)21(23)30-6-4-29(5-7-30)19-3-2-14(10-17(19)26)31-8-9-37-25(31)36/h2-3,10-12H,4-9,13H2,1H3,(H,34,35). The average Bonchev–Trinajstić information content (AvgIpc) is 3.33. The molecule has 3 aromatic rings. The summed E-state index contributed by atoms with van der Waals surface area (Å²) in [7, 11) is 1.66. The lowest BCUT2D eigenvalue weighted by molar-refractivity contribution is 0.0694. The third-order valence-electron chi connectivity index (χ3n) is 7.09. The number of cyclic esters (lactones) is 1. The maximum absolute atomic E-state index is 15.5. The molecule has 2 saturated heterocycles. The van der Waals surface area contributed by atoms with E-state index >= 15 is 8.78 Å². The highest BCUT2D eigenvalue weighted by molar-refractivity contribution is 5.97. The molecular formula is C25H23F2N5O6. The number of carbonyl (C=O) groups excluding carboxylic acids is 1. The normalized spacial score (nSPS) is 17.2. The van der Waals surface area contributed by atoms with Gasteiger partial charge in [0.15, 0.2) is 18.3 Å². The zero-order valence-corrected chi connectivity index (χ0v) is 20.3. The smallest absolute Gasteiger partial charge is 0.414 e. The first-order valence-corrected chi connectivity index (χ1v) is 12.0. The molecule has 11 nitrogen and oxygen atoms in total. The van der Waals surface area contributed by atoms with Gasteiger partial charge in [-0.2, -0.15) is 0 Å². The highest BCUT2D eigenvalue weighted by atomic mass is 19.1. The number of hydrogen-bond acceptors (Lipinski definition) is 8. The Hall–Kier alpha value is -4.55. The fourth-order valence-electron chi connectivity index (χ4n) is 5.19. The molecule has 0 radical (unpaired) electrons. The Kier molecular flexibility index (Phi) is 5.51. The molecule has 0 unspecified atom stereocenters. The second-order valence-electron chi connectivity index (χ2n) is 9.26. The van der Waals surface area contributed by atoms with E-state index < -0.39 is 34.7 Å². The molecule has 4 heterocycles. The van der Waals surface area contributed by atoms with Crippen LogP contribution in [0.5, 0.6) is 5.75 Å². The van der Waals surface area contributed by atoms with Crippen molar-refractivity contribution >= 4 is 40.0 Å². The van der Waals surface area contributed by atoms with Gasteiger partial charge in [0.2, 0.25) is 5.43 Å². The molecule has 2 aromatic carbocycles. The van der Waals surface area contributed by atoms with Gasteiger partial charge >= 0.3 is 12.1 Å². The number of aromatic carboxylic acids is 1. The van der Waals surface area contributed by atoms with E-state index in [-0.39, 0.29) is 35.7 Å². The summed E-state index contributed by atoms with van der Waals surface area (Å²) in [6.07, 6.45) is 0.706. The van der Waals surface area contributed by atoms with Gasteiger partial charge in [-0.05, 0) is 24.3 Å². The molecular weight excluding hydrogens is 504 g/mol. The second-order valence-corrected chi connectivity index (χ2v) is 9.26. The summed E-state index contributed by atoms with van der Waals surface area (Å²) in [5, 5.41) is 10.9. The number of piperazine rings is 1. The number of aromatic nitrogens is 1. The molecule has 2 fully saturated rings. The molecule has 38 heavy (non-hydrogen) atoms. The number of carboxylic acids is 1. The van der Waals surface area contributed by atoms with Gasteiger partial charge in [-0.3, -0.25) is 19.4 Å². The van der Waals surface area contributed by atoms with Crippen LogP contribution in [0.25, 0.3) is 10.9 Å². The van der Waals surface area contributed by atoms with Gasteiger partial charge in [0.05, 0.1) is 23.3 Å². The third-order valence-corrected chi connectivity index (χ3v) is 7.09. The van der Waals surface area contributed by atoms with Crippen molar-refractivity contribution in [3.05, 3.63) is 57.9 Å². The predicted octanol–water partition coefficient (Wildman–Crippen LogP) is 2.18. The summed E-state index contributed by atoms with van der Waals surface area (Å²) in [6, 6.07) is 5.63. The largest absolute Gasteiger partial charge is 0.477 e. The zero-order chi connectivity index (χ0) is 26.7. The number of hydrogen-bond donors (Lipinski definition) is 1. The van der Waals surface area contributed by atoms with Gasteiger partial charge in [-0.15, -0.1) is 0 Å². The lowest BCUT2D eigenvalue weighted by Gasteiger charge is -2.39. The van der Waals surface area contributed by atoms with Crippen LogP contribution in [0.2, 0.25) is 0 Å². The van der Waals surface area contributed by atoms with Crippen LogP contribution in [-0.4, -0.2) is 75.0 Å². The van der Waals surface area contributed by atoms with E-state index in [2.05, 4.69) is 0 Å². The van der Waals surface area contributed by atoms with Gasteiger partial charge in [-0.25, -0.2) is 18.4 Å². The number of nitrogens with zero attached hydrogens (tertiary/aromatic N) is 5. The van der Waals surface area contributed by atoms with Gasteiger partial charge in [0.1, 0.15) is 29.2 Å². The van der Waals surface area contributed by atoms with Crippen molar-refractivity contribution in [1.82, 2.24) is 4.68 Å². The Morgan fingerprint density at radius 1 is 0.974 bits per heavy atom. The van der Waals surface area contributed by atoms with Crippen LogP contribution in [0.1, 0.15) is 10.4 Å². The molecule has 0 aliphatic carbocycles. The number of carbonyl (C=O) groups is 2. The van der Waals surface area contributed by atoms with Crippen LogP contribution in [0, 0.1) is 11.6 Å². The minimum atomic E-state index is -1.40. The minimum absolute atomic E-state index is 0.0164. The van der Waals surface area contributed by atoms with E-state index in [1.807, 2.05) is 4.90 Å². The molecule has 1 N–H and O–H groups in total. The van der Waals surface area contributed by atoms with E-state index in [9.17, 15) is 19.5 Å². The maximum atomic E-state index is 15.5. The first-order valence-electron chi connectivity index (χ1n) is 12.0. The molecule has 0 saturated carbocycles. The van der Waals surface area contributed by atoms with Gasteiger partial charge in [-0.1, -0.05) is 0 Å². The van der Waals surface area contributed by atoms with Gasteiger partial charge in [0.25, 0.3) is 0 Å². The predicted molar refractivity (Wildman–Crippen MR) is 134 cm³/mol. The van der Waals surface area contributed by atoms with E-state index in [1.54, 1.807) is 29.1 Å². The highest BCUT2D eigenvalue weighted by Crippen LogP contribution is 2.40. The van der Waals surface area contributed by atoms with Crippen LogP contribution < -0.4 is 29.9 Å². The van der Waals surface area contributed by atoms with Crippen LogP contribution in [-0.2, 0) is 4.74 Å². The number of anilines is 3. The maximum Gasteiger partial charge on any atom is 0.414 e. The topological polar surface area (TPSA) is 108 Å². The van der Waals surface area contributed by atoms with Crippen molar-refractivity contribution in [3.63, 3.8) is 0 Å². The highest BCUT2D eigenvalue weighted by Gasteiger charge is 2.32. The summed E-state index contributed by atoms with van der Waals surface area (Å²) >= 11 is 0. The average molecular weight is 527 g/mol. The molecule has 0 atom stereocenters. The number of carboxylic acid groups (broad SMARTS) is 1. The van der Waals surface area contributed by atoms with Crippen molar-refractivity contribution in [2.45, 2.75) is 0 Å². The third kappa shape index (κ3) is 3.64. The summed E-state index contributed by atoms with van der Waals surface area (Å²) in [5.41, 5.74) is -0.00875. The summed E-state index contributed by atoms with van der Waals surface area (Å²) in [4.78, 5) is 41.2. The van der Waals surface area contributed by atoms with Crippen molar-refractivity contribution in [1.29, 1.82) is 0 Å². The SMILES string of the molecule is CN1COc2c(N3CCN(c4ccc(N5CCOC5=O)cc4F)CC3)c(F)cc3c(=O)c(C(=O)O)cn1c23. The number of amides is 1. The van der Waals surface area contributed by atoms with Crippen molar-refractivity contribution < 1.29 is 33.0 Å². The number of rotatable bonds is 4. The number of benzene rings is 2. The van der Waals surface area contributed by atoms with E-state index in [4.69, 9.17) is 9.47 Å². The summed E-state index contributed by atoms with van der Waals surface area (Å²) < 4.78 is 42.8. The summed E-state index contributed by atoms with van der Waals surface area (Å²) in [5.74, 6) is -2.42. The quantitative estimate of drug-likeness (QED) is 0.546. The first kappa shape index (κ1) is 23.8. The Labute approximate surface area is 214 Å². The molecule has 3 aliphatic rings. The van der Waals surface area contributed by atoms with Gasteiger partial charge in [0, 0.05) is 39.4 Å². The number of ether oxygens (including phenoxy) is 2. The Morgan fingerprint density at radius 3 is 2.37 bits per heavy atom. The fourth-order valence-corrected chi connectivity index (χ4v) is 5.19. The molecule has 0 bridgehead atoms. The molecule has 0 spiro atoms. The van der Waals surface area contributed by atoms with E-state index in [0.717, 1.165) is 6.07 Å². The van der Waals surface area contributed by atoms with Crippen LogP contribution in [0.15, 0.2) is 35.3 Å². The monoisotopic (exact) mass is 527 g/mol. The Morgan fingerprint density at radius 2 is 1.71 bits per heavy atom. The van der Waals surface area contributed by atoms with Crippen LogP contribution in [0.4, 0.5) is 30.6 Å². The minimum Gasteiger partial charge on any atom is -0.477 e. The van der Waals surface area contributed by atoms with Crippen molar-refractivity contribution in [3.8, 4) is 5.75 Å². The van der Waals surface area contributed by atoms with Gasteiger partial charge < -0.3 is 24.4 Å². The number of halogens is 2. The Bertz CT molecular complexity index is 1550. The molecule has 13 heteroatoms. The lowest BCUT2D eigenvalue weighted by atomic mass is 10.1. The summed E-state index contributed by atoms with van der Waals surface area (Å²) in [6.45, 7) is 2.07. The molecule has 1 aromatic heterocycles. The first-order chi connectivity index (χ1) is 18.2. The van der Waals surface area contributed by atoms with Crippen molar-refractivity contribution in [2.24, 2.45) is 0 Å². The zero-order valence-electron chi connectivity index (χ0n) is 20.3. The molecule has 6 rings (SSSR count). The lowest BCUT2D eigenvalue weighted by Crippen LogP contribution is -2.47. The Balaban J connectivity index is 1.30.